The Kier molecular flexibility index (Phi) is 6.74. The number of carbonyl (C=O) groups excluding carboxylic acids is 1. The Balaban J connectivity index is 2.00. The average molecular weight is 422 g/mol. The van der Waals surface area contributed by atoms with Gasteiger partial charge in [0.25, 0.3) is 0 Å². The van der Waals surface area contributed by atoms with Crippen LogP contribution < -0.4 is 4.90 Å². The molecule has 2 aliphatic rings. The molecule has 0 aliphatic heterocycles. The van der Waals surface area contributed by atoms with Crippen LogP contribution in [0.3, 0.4) is 0 Å². The normalized spacial score (nSPS) is 28.2. The van der Waals surface area contributed by atoms with Crippen LogP contribution in [0, 0.1) is 11.8 Å². The minimum atomic E-state index is -0.966. The van der Waals surface area contributed by atoms with Gasteiger partial charge in [-0.05, 0) is 68.8 Å². The molecule has 162 valence electrons. The first kappa shape index (κ1) is 22.3. The molecule has 5 nitrogen and oxygen atoms in total. The monoisotopic (exact) mass is 421 g/mol. The number of thiophene rings is 1. The Morgan fingerprint density at radius 3 is 2.14 bits per heavy atom. The van der Waals surface area contributed by atoms with Crippen molar-refractivity contribution >= 4 is 28.9 Å². The fourth-order valence-corrected chi connectivity index (χ4v) is 5.64. The number of hydrogen-bond acceptors (Lipinski definition) is 4. The fourth-order valence-electron chi connectivity index (χ4n) is 4.60. The van der Waals surface area contributed by atoms with Crippen molar-refractivity contribution in [2.75, 3.05) is 4.90 Å². The van der Waals surface area contributed by atoms with Gasteiger partial charge in [0, 0.05) is 16.8 Å². The second-order valence-corrected chi connectivity index (χ2v) is 11.1. The van der Waals surface area contributed by atoms with E-state index >= 15 is 0 Å². The predicted octanol–water partition coefficient (Wildman–Crippen LogP) is 5.21. The van der Waals surface area contributed by atoms with E-state index in [9.17, 15) is 19.8 Å². The van der Waals surface area contributed by atoms with Crippen LogP contribution in [0.4, 0.5) is 5.69 Å². The first-order valence-electron chi connectivity index (χ1n) is 11.0. The summed E-state index contributed by atoms with van der Waals surface area (Å²) in [6, 6.07) is 1.90. The molecular formula is C23H35NO4S. The van der Waals surface area contributed by atoms with Crippen molar-refractivity contribution < 1.29 is 19.8 Å². The van der Waals surface area contributed by atoms with Crippen LogP contribution in [-0.2, 0) is 10.2 Å². The maximum atomic E-state index is 13.7. The van der Waals surface area contributed by atoms with Crippen molar-refractivity contribution in [1.29, 1.82) is 0 Å². The van der Waals surface area contributed by atoms with Crippen LogP contribution in [0.25, 0.3) is 0 Å². The molecular weight excluding hydrogens is 386 g/mol. The molecule has 0 atom stereocenters. The van der Waals surface area contributed by atoms with Gasteiger partial charge in [0.1, 0.15) is 4.88 Å². The first-order chi connectivity index (χ1) is 13.6. The molecule has 0 radical (unpaired) electrons. The third-order valence-corrected chi connectivity index (χ3v) is 8.08. The number of amides is 1. The van der Waals surface area contributed by atoms with Gasteiger partial charge in [0.05, 0.1) is 11.8 Å². The topological polar surface area (TPSA) is 77.8 Å². The number of nitrogens with zero attached hydrogens (tertiary/aromatic N) is 1. The highest BCUT2D eigenvalue weighted by Crippen LogP contribution is 2.41. The molecule has 2 saturated carbocycles. The van der Waals surface area contributed by atoms with Crippen LogP contribution >= 0.6 is 11.3 Å². The quantitative estimate of drug-likeness (QED) is 0.700. The summed E-state index contributed by atoms with van der Waals surface area (Å²) in [6.07, 6.45) is 6.31. The lowest BCUT2D eigenvalue weighted by atomic mass is 9.81. The Labute approximate surface area is 178 Å². The molecule has 0 spiro atoms. The van der Waals surface area contributed by atoms with Gasteiger partial charge in [-0.25, -0.2) is 4.79 Å². The van der Waals surface area contributed by atoms with Crippen LogP contribution in [0.15, 0.2) is 6.07 Å². The molecule has 1 heterocycles. The Bertz CT molecular complexity index is 735. The number of carbonyl (C=O) groups is 2. The molecule has 1 amide bonds. The van der Waals surface area contributed by atoms with Crippen molar-refractivity contribution in [1.82, 2.24) is 0 Å². The largest absolute Gasteiger partial charge is 0.477 e. The van der Waals surface area contributed by atoms with Gasteiger partial charge in [-0.2, -0.15) is 0 Å². The van der Waals surface area contributed by atoms with Crippen molar-refractivity contribution in [2.45, 2.75) is 96.6 Å². The smallest absolute Gasteiger partial charge is 0.348 e. The summed E-state index contributed by atoms with van der Waals surface area (Å²) >= 11 is 1.29. The molecule has 3 rings (SSSR count). The second-order valence-electron chi connectivity index (χ2n) is 10.0. The summed E-state index contributed by atoms with van der Waals surface area (Å²) in [7, 11) is 0. The van der Waals surface area contributed by atoms with Gasteiger partial charge >= 0.3 is 5.97 Å². The second kappa shape index (κ2) is 8.76. The average Bonchev–Trinajstić information content (AvgIpc) is 3.10. The lowest BCUT2D eigenvalue weighted by Crippen LogP contribution is -2.47. The number of aliphatic hydroxyl groups excluding tert-OH is 1. The summed E-state index contributed by atoms with van der Waals surface area (Å²) in [6.45, 7) is 8.44. The SMILES string of the molecule is CC(C)(C)c1cc(N(C(=O)[C@H]2CC[C@H](C)CC2)[C@H]2CC[C@H](O)CC2)c(C(=O)O)s1. The van der Waals surface area contributed by atoms with Gasteiger partial charge < -0.3 is 15.1 Å². The zero-order valence-corrected chi connectivity index (χ0v) is 18.9. The van der Waals surface area contributed by atoms with Gasteiger partial charge in [0.15, 0.2) is 0 Å². The summed E-state index contributed by atoms with van der Waals surface area (Å²) < 4.78 is 0. The van der Waals surface area contributed by atoms with Gasteiger partial charge in [0.2, 0.25) is 5.91 Å². The summed E-state index contributed by atoms with van der Waals surface area (Å²) in [5.74, 6) is -0.260. The van der Waals surface area contributed by atoms with E-state index in [4.69, 9.17) is 0 Å². The van der Waals surface area contributed by atoms with Crippen molar-refractivity contribution in [3.05, 3.63) is 15.8 Å². The number of rotatable bonds is 4. The number of carboxylic acids is 1. The molecule has 1 aromatic rings. The summed E-state index contributed by atoms with van der Waals surface area (Å²) in [4.78, 5) is 28.8. The van der Waals surface area contributed by atoms with Gasteiger partial charge in [-0.3, -0.25) is 4.79 Å². The molecule has 0 aromatic carbocycles. The van der Waals surface area contributed by atoms with E-state index in [2.05, 4.69) is 27.7 Å². The lowest BCUT2D eigenvalue weighted by Gasteiger charge is -2.38. The van der Waals surface area contributed by atoms with Gasteiger partial charge in [-0.15, -0.1) is 11.3 Å². The van der Waals surface area contributed by atoms with E-state index in [0.717, 1.165) is 43.4 Å². The highest BCUT2D eigenvalue weighted by Gasteiger charge is 2.38. The predicted molar refractivity (Wildman–Crippen MR) is 117 cm³/mol. The van der Waals surface area contributed by atoms with Crippen molar-refractivity contribution in [3.8, 4) is 0 Å². The third kappa shape index (κ3) is 5.02. The Morgan fingerprint density at radius 2 is 1.62 bits per heavy atom. The molecule has 0 bridgehead atoms. The van der Waals surface area contributed by atoms with Crippen LogP contribution in [0.2, 0.25) is 0 Å². The molecule has 0 unspecified atom stereocenters. The zero-order chi connectivity index (χ0) is 21.3. The highest BCUT2D eigenvalue weighted by molar-refractivity contribution is 7.14. The van der Waals surface area contributed by atoms with E-state index in [-0.39, 0.29) is 34.3 Å². The number of carboxylic acid groups (broad SMARTS) is 1. The molecule has 2 N–H and O–H groups in total. The van der Waals surface area contributed by atoms with E-state index in [0.29, 0.717) is 24.4 Å². The van der Waals surface area contributed by atoms with Crippen LogP contribution in [-0.4, -0.2) is 34.2 Å². The minimum Gasteiger partial charge on any atom is -0.477 e. The van der Waals surface area contributed by atoms with Crippen LogP contribution in [0.5, 0.6) is 0 Å². The van der Waals surface area contributed by atoms with Crippen molar-refractivity contribution in [3.63, 3.8) is 0 Å². The molecule has 2 aliphatic carbocycles. The number of aliphatic hydroxyl groups is 1. The van der Waals surface area contributed by atoms with Crippen molar-refractivity contribution in [2.24, 2.45) is 11.8 Å². The molecule has 0 saturated heterocycles. The minimum absolute atomic E-state index is 0.0299. The Morgan fingerprint density at radius 1 is 1.03 bits per heavy atom. The Hall–Kier alpha value is -1.40. The number of aromatic carboxylic acids is 1. The van der Waals surface area contributed by atoms with E-state index in [1.54, 1.807) is 0 Å². The van der Waals surface area contributed by atoms with E-state index in [1.165, 1.54) is 11.3 Å². The van der Waals surface area contributed by atoms with E-state index < -0.39 is 5.97 Å². The maximum absolute atomic E-state index is 13.7. The summed E-state index contributed by atoms with van der Waals surface area (Å²) in [5.41, 5.74) is 0.391. The lowest BCUT2D eigenvalue weighted by molar-refractivity contribution is -0.124. The molecule has 1 aromatic heterocycles. The molecule has 2 fully saturated rings. The highest BCUT2D eigenvalue weighted by atomic mass is 32.1. The molecule has 6 heteroatoms. The molecule has 29 heavy (non-hydrogen) atoms. The number of anilines is 1. The van der Waals surface area contributed by atoms with E-state index in [1.807, 2.05) is 11.0 Å². The zero-order valence-electron chi connectivity index (χ0n) is 18.1. The third-order valence-electron chi connectivity index (χ3n) is 6.54. The number of hydrogen-bond donors (Lipinski definition) is 2. The van der Waals surface area contributed by atoms with Crippen LogP contribution in [0.1, 0.15) is 93.6 Å². The maximum Gasteiger partial charge on any atom is 0.348 e. The van der Waals surface area contributed by atoms with Gasteiger partial charge in [-0.1, -0.05) is 27.7 Å². The standard InChI is InChI=1S/C23H35NO4S/c1-14-5-7-15(8-6-14)21(26)24(16-9-11-17(25)12-10-16)18-13-19(23(2,3)4)29-20(18)22(27)28/h13-17,25H,5-12H2,1-4H3,(H,27,28)/t14-,15-,16-,17-. The fraction of sp³-hybridized carbons (Fsp3) is 0.739. The summed E-state index contributed by atoms with van der Waals surface area (Å²) in [5, 5.41) is 19.8. The first-order valence-corrected chi connectivity index (χ1v) is 11.8.